The molecule has 1 aromatic carbocycles. The maximum atomic E-state index is 6.03. The van der Waals surface area contributed by atoms with Crippen molar-refractivity contribution in [2.24, 2.45) is 0 Å². The van der Waals surface area contributed by atoms with Crippen molar-refractivity contribution >= 4 is 11.6 Å². The van der Waals surface area contributed by atoms with Crippen molar-refractivity contribution in [3.05, 3.63) is 28.8 Å². The van der Waals surface area contributed by atoms with Gasteiger partial charge in [-0.05, 0) is 30.5 Å². The largest absolute Gasteiger partial charge is 0.495 e. The van der Waals surface area contributed by atoms with Gasteiger partial charge in [0.1, 0.15) is 5.75 Å². The number of halogens is 1. The highest BCUT2D eigenvalue weighted by Gasteiger charge is 2.15. The van der Waals surface area contributed by atoms with Crippen LogP contribution in [0.2, 0.25) is 5.02 Å². The van der Waals surface area contributed by atoms with Crippen molar-refractivity contribution < 1.29 is 9.47 Å². The van der Waals surface area contributed by atoms with E-state index < -0.39 is 0 Å². The Morgan fingerprint density at radius 3 is 2.61 bits per heavy atom. The minimum absolute atomic E-state index is 0.367. The van der Waals surface area contributed by atoms with E-state index >= 15 is 0 Å². The Morgan fingerprint density at radius 1 is 1.28 bits per heavy atom. The summed E-state index contributed by atoms with van der Waals surface area (Å²) in [6.07, 6.45) is 0. The highest BCUT2D eigenvalue weighted by Crippen LogP contribution is 2.29. The third-order valence-electron chi connectivity index (χ3n) is 3.22. The van der Waals surface area contributed by atoms with E-state index in [-0.39, 0.29) is 0 Å². The number of ether oxygens (including phenoxy) is 2. The van der Waals surface area contributed by atoms with Crippen LogP contribution in [0.1, 0.15) is 25.3 Å². The fourth-order valence-electron chi connectivity index (χ4n) is 1.81. The second-order valence-electron chi connectivity index (χ2n) is 4.42. The lowest BCUT2D eigenvalue weighted by Crippen LogP contribution is -2.33. The average molecular weight is 272 g/mol. The molecule has 2 unspecified atom stereocenters. The van der Waals surface area contributed by atoms with Gasteiger partial charge in [-0.25, -0.2) is 0 Å². The fraction of sp³-hybridized carbons (Fsp3) is 0.571. The van der Waals surface area contributed by atoms with E-state index in [0.29, 0.717) is 17.0 Å². The fourth-order valence-corrected chi connectivity index (χ4v) is 2.01. The molecule has 1 N–H and O–H groups in total. The van der Waals surface area contributed by atoms with Gasteiger partial charge in [-0.1, -0.05) is 24.6 Å². The molecule has 4 heteroatoms. The van der Waals surface area contributed by atoms with Crippen molar-refractivity contribution in [2.75, 3.05) is 27.4 Å². The minimum atomic E-state index is 0.367. The van der Waals surface area contributed by atoms with E-state index in [1.165, 1.54) is 5.56 Å². The van der Waals surface area contributed by atoms with E-state index in [1.54, 1.807) is 14.2 Å². The Kier molecular flexibility index (Phi) is 6.47. The summed E-state index contributed by atoms with van der Waals surface area (Å²) < 4.78 is 10.3. The van der Waals surface area contributed by atoms with Crippen LogP contribution in [0.15, 0.2) is 18.2 Å². The van der Waals surface area contributed by atoms with Crippen LogP contribution in [-0.2, 0) is 4.74 Å². The van der Waals surface area contributed by atoms with Gasteiger partial charge in [-0.2, -0.15) is 0 Å². The summed E-state index contributed by atoms with van der Waals surface area (Å²) in [6.45, 7) is 5.93. The van der Waals surface area contributed by atoms with E-state index in [9.17, 15) is 0 Å². The summed E-state index contributed by atoms with van der Waals surface area (Å²) in [5.41, 5.74) is 1.22. The van der Waals surface area contributed by atoms with E-state index in [0.717, 1.165) is 18.9 Å². The first-order valence-electron chi connectivity index (χ1n) is 6.16. The van der Waals surface area contributed by atoms with Crippen LogP contribution < -0.4 is 10.1 Å². The lowest BCUT2D eigenvalue weighted by Gasteiger charge is -2.22. The van der Waals surface area contributed by atoms with Crippen molar-refractivity contribution in [1.29, 1.82) is 0 Å². The van der Waals surface area contributed by atoms with Crippen molar-refractivity contribution in [2.45, 2.75) is 25.8 Å². The number of rotatable bonds is 7. The monoisotopic (exact) mass is 271 g/mol. The summed E-state index contributed by atoms with van der Waals surface area (Å²) in [5.74, 6) is 1.11. The van der Waals surface area contributed by atoms with Crippen LogP contribution in [0.3, 0.4) is 0 Å². The molecule has 0 spiro atoms. The molecule has 3 nitrogen and oxygen atoms in total. The van der Waals surface area contributed by atoms with Crippen molar-refractivity contribution in [1.82, 2.24) is 5.32 Å². The molecule has 18 heavy (non-hydrogen) atoms. The predicted octanol–water partition coefficient (Wildman–Crippen LogP) is 3.08. The van der Waals surface area contributed by atoms with Gasteiger partial charge in [-0.3, -0.25) is 0 Å². The van der Waals surface area contributed by atoms with Gasteiger partial charge in [0.25, 0.3) is 0 Å². The molecule has 0 amide bonds. The van der Waals surface area contributed by atoms with Crippen molar-refractivity contribution in [3.63, 3.8) is 0 Å². The van der Waals surface area contributed by atoms with Crippen LogP contribution in [0.5, 0.6) is 5.75 Å². The number of nitrogens with one attached hydrogen (secondary N) is 1. The molecular formula is C14H22ClNO2. The quantitative estimate of drug-likeness (QED) is 0.773. The second-order valence-corrected chi connectivity index (χ2v) is 4.83. The number of benzene rings is 1. The summed E-state index contributed by atoms with van der Waals surface area (Å²) in [5, 5.41) is 4.08. The molecule has 0 aromatic heterocycles. The van der Waals surface area contributed by atoms with Gasteiger partial charge < -0.3 is 14.8 Å². The lowest BCUT2D eigenvalue weighted by molar-refractivity contribution is 0.195. The first kappa shape index (κ1) is 15.3. The van der Waals surface area contributed by atoms with Gasteiger partial charge in [0.15, 0.2) is 0 Å². The summed E-state index contributed by atoms with van der Waals surface area (Å²) in [4.78, 5) is 0. The molecule has 0 aliphatic rings. The zero-order chi connectivity index (χ0) is 13.5. The molecular weight excluding hydrogens is 250 g/mol. The zero-order valence-corrected chi connectivity index (χ0v) is 12.3. The Labute approximate surface area is 114 Å². The molecule has 0 aliphatic heterocycles. The van der Waals surface area contributed by atoms with Crippen LogP contribution in [0.25, 0.3) is 0 Å². The van der Waals surface area contributed by atoms with Gasteiger partial charge in [0.2, 0.25) is 0 Å². The maximum absolute atomic E-state index is 6.03. The summed E-state index contributed by atoms with van der Waals surface area (Å²) in [7, 11) is 3.34. The van der Waals surface area contributed by atoms with Gasteiger partial charge in [0.05, 0.1) is 18.7 Å². The van der Waals surface area contributed by atoms with Crippen LogP contribution in [0, 0.1) is 0 Å². The van der Waals surface area contributed by atoms with Gasteiger partial charge in [0, 0.05) is 19.7 Å². The molecule has 102 valence electrons. The van der Waals surface area contributed by atoms with Crippen molar-refractivity contribution in [3.8, 4) is 5.75 Å². The van der Waals surface area contributed by atoms with Gasteiger partial charge >= 0.3 is 0 Å². The predicted molar refractivity (Wildman–Crippen MR) is 75.8 cm³/mol. The summed E-state index contributed by atoms with van der Waals surface area (Å²) >= 11 is 6.03. The Morgan fingerprint density at radius 2 is 2.00 bits per heavy atom. The van der Waals surface area contributed by atoms with Crippen LogP contribution in [0.4, 0.5) is 0 Å². The standard InChI is InChI=1S/C14H22ClNO2/c1-10(11(2)16-7-8-17-3)12-5-6-13(15)14(9-12)18-4/h5-6,9-11,16H,7-8H2,1-4H3. The molecule has 0 bridgehead atoms. The molecule has 0 aliphatic carbocycles. The van der Waals surface area contributed by atoms with Crippen LogP contribution >= 0.6 is 11.6 Å². The zero-order valence-electron chi connectivity index (χ0n) is 11.5. The molecule has 0 heterocycles. The van der Waals surface area contributed by atoms with Crippen LogP contribution in [-0.4, -0.2) is 33.4 Å². The Bertz CT molecular complexity index is 371. The first-order chi connectivity index (χ1) is 8.60. The topological polar surface area (TPSA) is 30.5 Å². The highest BCUT2D eigenvalue weighted by molar-refractivity contribution is 6.32. The number of hydrogen-bond donors (Lipinski definition) is 1. The molecule has 0 saturated carbocycles. The smallest absolute Gasteiger partial charge is 0.137 e. The van der Waals surface area contributed by atoms with Gasteiger partial charge in [-0.15, -0.1) is 0 Å². The summed E-state index contributed by atoms with van der Waals surface area (Å²) in [6, 6.07) is 6.30. The number of hydrogen-bond acceptors (Lipinski definition) is 3. The third-order valence-corrected chi connectivity index (χ3v) is 3.54. The number of methoxy groups -OCH3 is 2. The minimum Gasteiger partial charge on any atom is -0.495 e. The normalized spacial score (nSPS) is 14.3. The maximum Gasteiger partial charge on any atom is 0.137 e. The molecule has 0 radical (unpaired) electrons. The Balaban J connectivity index is 2.67. The van der Waals surface area contributed by atoms with E-state index in [1.807, 2.05) is 18.2 Å². The third kappa shape index (κ3) is 4.16. The average Bonchev–Trinajstić information content (AvgIpc) is 2.38. The molecule has 2 atom stereocenters. The highest BCUT2D eigenvalue weighted by atomic mass is 35.5. The molecule has 0 fully saturated rings. The molecule has 1 aromatic rings. The van der Waals surface area contributed by atoms with E-state index in [4.69, 9.17) is 21.1 Å². The van der Waals surface area contributed by atoms with E-state index in [2.05, 4.69) is 19.2 Å². The molecule has 1 rings (SSSR count). The molecule has 0 saturated heterocycles. The first-order valence-corrected chi connectivity index (χ1v) is 6.53. The lowest BCUT2D eigenvalue weighted by atomic mass is 9.94. The second kappa shape index (κ2) is 7.62. The SMILES string of the molecule is COCCNC(C)C(C)c1ccc(Cl)c(OC)c1. The Hall–Kier alpha value is -0.770.